The number of carbonyl (C=O) groups is 1. The molecule has 0 saturated heterocycles. The van der Waals surface area contributed by atoms with Crippen LogP contribution < -0.4 is 5.32 Å². The average molecular weight is 239 g/mol. The van der Waals surface area contributed by atoms with Gasteiger partial charge in [0.05, 0.1) is 18.4 Å². The minimum atomic E-state index is -0.462. The molecule has 1 aromatic rings. The molecule has 0 bridgehead atoms. The van der Waals surface area contributed by atoms with Crippen LogP contribution in [-0.4, -0.2) is 19.1 Å². The number of hydrogen-bond donors (Lipinski definition) is 1. The zero-order valence-electron chi connectivity index (χ0n) is 10.4. The molecule has 0 amide bonds. The van der Waals surface area contributed by atoms with Gasteiger partial charge in [0.1, 0.15) is 5.82 Å². The van der Waals surface area contributed by atoms with Crippen LogP contribution in [-0.2, 0) is 4.74 Å². The summed E-state index contributed by atoms with van der Waals surface area (Å²) in [5.74, 6) is -0.822. The van der Waals surface area contributed by atoms with Gasteiger partial charge in [0.2, 0.25) is 0 Å². The van der Waals surface area contributed by atoms with Crippen LogP contribution in [0.15, 0.2) is 18.2 Å². The summed E-state index contributed by atoms with van der Waals surface area (Å²) in [4.78, 5) is 11.3. The third-order valence-corrected chi connectivity index (χ3v) is 2.51. The van der Waals surface area contributed by atoms with Crippen molar-refractivity contribution in [1.29, 1.82) is 0 Å². The first-order chi connectivity index (χ1) is 8.08. The van der Waals surface area contributed by atoms with Gasteiger partial charge in [-0.25, -0.2) is 9.18 Å². The highest BCUT2D eigenvalue weighted by atomic mass is 19.1. The Bertz CT molecular complexity index is 393. The molecule has 0 aliphatic heterocycles. The summed E-state index contributed by atoms with van der Waals surface area (Å²) in [6.45, 7) is 4.05. The molecule has 4 heteroatoms. The first-order valence-corrected chi connectivity index (χ1v) is 5.72. The molecule has 1 unspecified atom stereocenters. The van der Waals surface area contributed by atoms with E-state index in [1.54, 1.807) is 0 Å². The molecule has 3 nitrogen and oxygen atoms in total. The lowest BCUT2D eigenvalue weighted by atomic mass is 10.1. The third-order valence-electron chi connectivity index (χ3n) is 2.51. The second-order valence-corrected chi connectivity index (χ2v) is 4.02. The van der Waals surface area contributed by atoms with Gasteiger partial charge < -0.3 is 10.1 Å². The van der Waals surface area contributed by atoms with Gasteiger partial charge in [0.25, 0.3) is 0 Å². The zero-order chi connectivity index (χ0) is 12.8. The molecule has 1 rings (SSSR count). The zero-order valence-corrected chi connectivity index (χ0v) is 10.4. The smallest absolute Gasteiger partial charge is 0.337 e. The van der Waals surface area contributed by atoms with E-state index in [9.17, 15) is 9.18 Å². The van der Waals surface area contributed by atoms with Crippen molar-refractivity contribution in [2.24, 2.45) is 0 Å². The molecule has 0 aromatic heterocycles. The number of anilines is 1. The van der Waals surface area contributed by atoms with Crippen LogP contribution >= 0.6 is 0 Å². The molecule has 0 saturated carbocycles. The van der Waals surface area contributed by atoms with E-state index < -0.39 is 5.97 Å². The average Bonchev–Trinajstić information content (AvgIpc) is 2.31. The molecule has 1 atom stereocenters. The van der Waals surface area contributed by atoms with Crippen LogP contribution in [0.5, 0.6) is 0 Å². The maximum atomic E-state index is 13.5. The predicted molar refractivity (Wildman–Crippen MR) is 65.7 cm³/mol. The van der Waals surface area contributed by atoms with E-state index in [-0.39, 0.29) is 11.9 Å². The first kappa shape index (κ1) is 13.5. The van der Waals surface area contributed by atoms with Crippen LogP contribution in [0, 0.1) is 5.82 Å². The van der Waals surface area contributed by atoms with Crippen molar-refractivity contribution in [3.05, 3.63) is 29.6 Å². The molecule has 0 fully saturated rings. The van der Waals surface area contributed by atoms with Gasteiger partial charge in [-0.1, -0.05) is 13.3 Å². The number of rotatable bonds is 5. The Balaban J connectivity index is 2.86. The number of ether oxygens (including phenoxy) is 1. The number of esters is 1. The monoisotopic (exact) mass is 239 g/mol. The number of nitrogens with one attached hydrogen (secondary N) is 1. The number of halogens is 1. The van der Waals surface area contributed by atoms with Crippen LogP contribution in [0.3, 0.4) is 0 Å². The van der Waals surface area contributed by atoms with Crippen molar-refractivity contribution in [1.82, 2.24) is 0 Å². The molecule has 0 heterocycles. The second-order valence-electron chi connectivity index (χ2n) is 4.02. The molecule has 0 aliphatic rings. The van der Waals surface area contributed by atoms with Gasteiger partial charge in [0, 0.05) is 6.04 Å². The summed E-state index contributed by atoms with van der Waals surface area (Å²) in [7, 11) is 1.30. The third kappa shape index (κ3) is 3.73. The Labute approximate surface area is 101 Å². The SMILES string of the molecule is CCCC(C)Nc1cc(C(=O)OC)ccc1F. The van der Waals surface area contributed by atoms with Crippen molar-refractivity contribution >= 4 is 11.7 Å². The standard InChI is InChI=1S/C13H18FNO2/c1-4-5-9(2)15-12-8-10(13(16)17-3)6-7-11(12)14/h6-9,15H,4-5H2,1-3H3. The molecular formula is C13H18FNO2. The van der Waals surface area contributed by atoms with Crippen molar-refractivity contribution in [3.63, 3.8) is 0 Å². The van der Waals surface area contributed by atoms with Gasteiger partial charge in [-0.3, -0.25) is 0 Å². The van der Waals surface area contributed by atoms with E-state index in [0.29, 0.717) is 11.3 Å². The number of carbonyl (C=O) groups excluding carboxylic acids is 1. The van der Waals surface area contributed by atoms with E-state index in [4.69, 9.17) is 0 Å². The lowest BCUT2D eigenvalue weighted by Crippen LogP contribution is -2.16. The summed E-state index contributed by atoms with van der Waals surface area (Å²) in [5, 5.41) is 3.05. The Hall–Kier alpha value is -1.58. The molecule has 94 valence electrons. The Morgan fingerprint density at radius 3 is 2.82 bits per heavy atom. The van der Waals surface area contributed by atoms with Crippen molar-refractivity contribution < 1.29 is 13.9 Å². The molecule has 1 aromatic carbocycles. The lowest BCUT2D eigenvalue weighted by Gasteiger charge is -2.15. The maximum Gasteiger partial charge on any atom is 0.337 e. The van der Waals surface area contributed by atoms with Crippen LogP contribution in [0.4, 0.5) is 10.1 Å². The summed E-state index contributed by atoms with van der Waals surface area (Å²) >= 11 is 0. The Kier molecular flexibility index (Phi) is 4.94. The van der Waals surface area contributed by atoms with Gasteiger partial charge in [0.15, 0.2) is 0 Å². The Morgan fingerprint density at radius 2 is 2.24 bits per heavy atom. The van der Waals surface area contributed by atoms with Crippen molar-refractivity contribution in [2.45, 2.75) is 32.7 Å². The summed E-state index contributed by atoms with van der Waals surface area (Å²) in [6.07, 6.45) is 1.97. The fourth-order valence-corrected chi connectivity index (χ4v) is 1.65. The van der Waals surface area contributed by atoms with Crippen LogP contribution in [0.1, 0.15) is 37.0 Å². The van der Waals surface area contributed by atoms with E-state index in [2.05, 4.69) is 17.0 Å². The molecule has 1 N–H and O–H groups in total. The van der Waals surface area contributed by atoms with Gasteiger partial charge >= 0.3 is 5.97 Å². The van der Waals surface area contributed by atoms with Crippen molar-refractivity contribution in [2.75, 3.05) is 12.4 Å². The van der Waals surface area contributed by atoms with E-state index in [1.807, 2.05) is 6.92 Å². The summed E-state index contributed by atoms with van der Waals surface area (Å²) < 4.78 is 18.1. The largest absolute Gasteiger partial charge is 0.465 e. The molecule has 0 spiro atoms. The lowest BCUT2D eigenvalue weighted by molar-refractivity contribution is 0.0600. The van der Waals surface area contributed by atoms with Gasteiger partial charge in [-0.2, -0.15) is 0 Å². The van der Waals surface area contributed by atoms with Gasteiger partial charge in [-0.05, 0) is 31.5 Å². The molecular weight excluding hydrogens is 221 g/mol. The molecule has 0 aliphatic carbocycles. The van der Waals surface area contributed by atoms with E-state index >= 15 is 0 Å². The fraction of sp³-hybridized carbons (Fsp3) is 0.462. The minimum Gasteiger partial charge on any atom is -0.465 e. The number of benzene rings is 1. The van der Waals surface area contributed by atoms with Crippen LogP contribution in [0.25, 0.3) is 0 Å². The van der Waals surface area contributed by atoms with Crippen LogP contribution in [0.2, 0.25) is 0 Å². The second kappa shape index (κ2) is 6.23. The first-order valence-electron chi connectivity index (χ1n) is 5.72. The van der Waals surface area contributed by atoms with Crippen molar-refractivity contribution in [3.8, 4) is 0 Å². The quantitative estimate of drug-likeness (QED) is 0.802. The molecule has 17 heavy (non-hydrogen) atoms. The maximum absolute atomic E-state index is 13.5. The normalized spacial score (nSPS) is 12.0. The topological polar surface area (TPSA) is 38.3 Å². The van der Waals surface area contributed by atoms with E-state index in [1.165, 1.54) is 25.3 Å². The van der Waals surface area contributed by atoms with Gasteiger partial charge in [-0.15, -0.1) is 0 Å². The van der Waals surface area contributed by atoms with E-state index in [0.717, 1.165) is 12.8 Å². The fourth-order valence-electron chi connectivity index (χ4n) is 1.65. The minimum absolute atomic E-state index is 0.169. The highest BCUT2D eigenvalue weighted by molar-refractivity contribution is 5.90. The predicted octanol–water partition coefficient (Wildman–Crippen LogP) is 3.21. The molecule has 0 radical (unpaired) electrons. The number of hydrogen-bond acceptors (Lipinski definition) is 3. The highest BCUT2D eigenvalue weighted by Gasteiger charge is 2.11. The highest BCUT2D eigenvalue weighted by Crippen LogP contribution is 2.18. The number of methoxy groups -OCH3 is 1. The summed E-state index contributed by atoms with van der Waals surface area (Å²) in [6, 6.07) is 4.33. The Morgan fingerprint density at radius 1 is 1.53 bits per heavy atom. The summed E-state index contributed by atoms with van der Waals surface area (Å²) in [5.41, 5.74) is 0.689.